The van der Waals surface area contributed by atoms with Crippen LogP contribution in [0.4, 0.5) is 5.69 Å². The van der Waals surface area contributed by atoms with Crippen LogP contribution in [0, 0.1) is 0 Å². The molecule has 43 heavy (non-hydrogen) atoms. The fraction of sp³-hybridized carbons (Fsp3) is 0.250. The third-order valence-electron chi connectivity index (χ3n) is 8.00. The Morgan fingerprint density at radius 3 is 2.28 bits per heavy atom. The van der Waals surface area contributed by atoms with Crippen LogP contribution >= 0.6 is 0 Å². The first-order valence-electron chi connectivity index (χ1n) is 14.2. The van der Waals surface area contributed by atoms with Gasteiger partial charge in [0.05, 0.1) is 24.3 Å². The van der Waals surface area contributed by atoms with Crippen molar-refractivity contribution in [2.24, 2.45) is 0 Å². The number of nitrogens with zero attached hydrogens (tertiary/aromatic N) is 4. The van der Waals surface area contributed by atoms with E-state index in [2.05, 4.69) is 26.2 Å². The van der Waals surface area contributed by atoms with Gasteiger partial charge in [-0.1, -0.05) is 78.9 Å². The smallest absolute Gasteiger partial charge is 0.252 e. The van der Waals surface area contributed by atoms with Crippen LogP contribution < -0.4 is 15.6 Å². The number of hydrazine groups is 1. The third-order valence-corrected chi connectivity index (χ3v) is 8.00. The van der Waals surface area contributed by atoms with E-state index in [0.29, 0.717) is 24.2 Å². The largest absolute Gasteiger partial charge is 0.348 e. The number of carbonyl (C=O) groups excluding carboxylic acids is 4. The summed E-state index contributed by atoms with van der Waals surface area (Å²) in [6, 6.07) is 22.5. The van der Waals surface area contributed by atoms with E-state index in [1.54, 1.807) is 0 Å². The van der Waals surface area contributed by atoms with Crippen molar-refractivity contribution in [3.8, 4) is 0 Å². The number of aromatic nitrogens is 3. The Hall–Kier alpha value is -5.32. The van der Waals surface area contributed by atoms with Crippen LogP contribution in [0.2, 0.25) is 0 Å². The molecule has 0 spiro atoms. The Kier molecular flexibility index (Phi) is 7.69. The van der Waals surface area contributed by atoms with E-state index >= 15 is 0 Å². The Morgan fingerprint density at radius 1 is 0.977 bits per heavy atom. The molecule has 218 valence electrons. The van der Waals surface area contributed by atoms with Crippen LogP contribution in [0.5, 0.6) is 0 Å². The number of benzene rings is 3. The number of aryl methyl sites for hydroxylation is 1. The van der Waals surface area contributed by atoms with Gasteiger partial charge in [0.15, 0.2) is 0 Å². The first-order chi connectivity index (χ1) is 20.9. The molecule has 6 rings (SSSR count). The summed E-state index contributed by atoms with van der Waals surface area (Å²) in [5.74, 6) is -2.39. The molecule has 0 saturated carbocycles. The molecule has 0 unspecified atom stereocenters. The van der Waals surface area contributed by atoms with E-state index in [1.165, 1.54) is 18.0 Å². The number of anilines is 1. The lowest BCUT2D eigenvalue weighted by Crippen LogP contribution is -2.60. The highest BCUT2D eigenvalue weighted by molar-refractivity contribution is 6.08. The van der Waals surface area contributed by atoms with Gasteiger partial charge in [-0.25, -0.2) is 5.01 Å². The van der Waals surface area contributed by atoms with Crippen molar-refractivity contribution in [2.75, 3.05) is 4.90 Å². The Bertz CT molecular complexity index is 1600. The molecular formula is C32H31N7O4. The average molecular weight is 578 g/mol. The Labute approximate surface area is 248 Å². The molecule has 0 aliphatic carbocycles. The number of hydrogen-bond donors (Lipinski definition) is 3. The topological polar surface area (TPSA) is 140 Å². The molecule has 1 aromatic heterocycles. The third kappa shape index (κ3) is 5.49. The van der Waals surface area contributed by atoms with Gasteiger partial charge in [0, 0.05) is 13.3 Å². The summed E-state index contributed by atoms with van der Waals surface area (Å²) >= 11 is 0. The van der Waals surface area contributed by atoms with Crippen LogP contribution in [0.15, 0.2) is 85.1 Å². The summed E-state index contributed by atoms with van der Waals surface area (Å²) in [5.41, 5.74) is 7.37. The second kappa shape index (κ2) is 11.9. The van der Waals surface area contributed by atoms with Gasteiger partial charge in [-0.15, -0.1) is 0 Å². The molecule has 0 bridgehead atoms. The molecule has 0 fully saturated rings. The number of nitrogens with one attached hydrogen (secondary N) is 3. The zero-order valence-corrected chi connectivity index (χ0v) is 23.6. The van der Waals surface area contributed by atoms with E-state index < -0.39 is 35.7 Å². The van der Waals surface area contributed by atoms with E-state index in [-0.39, 0.29) is 18.9 Å². The van der Waals surface area contributed by atoms with Crippen LogP contribution in [0.25, 0.3) is 0 Å². The van der Waals surface area contributed by atoms with Crippen LogP contribution in [0.1, 0.15) is 47.2 Å². The summed E-state index contributed by atoms with van der Waals surface area (Å²) in [6.45, 7) is 1.47. The maximum Gasteiger partial charge on any atom is 0.252 e. The summed E-state index contributed by atoms with van der Waals surface area (Å²) in [7, 11) is 0. The molecule has 3 N–H and O–H groups in total. The number of aromatic amines is 1. The molecule has 3 heterocycles. The van der Waals surface area contributed by atoms with Crippen molar-refractivity contribution < 1.29 is 19.2 Å². The molecular weight excluding hydrogens is 546 g/mol. The molecule has 4 amide bonds. The molecule has 11 nitrogen and oxygen atoms in total. The van der Waals surface area contributed by atoms with Crippen molar-refractivity contribution in [1.29, 1.82) is 0 Å². The lowest BCUT2D eigenvalue weighted by atomic mass is 9.91. The van der Waals surface area contributed by atoms with Crippen molar-refractivity contribution in [2.45, 2.75) is 50.7 Å². The number of para-hydroxylation sites is 1. The van der Waals surface area contributed by atoms with Gasteiger partial charge in [-0.05, 0) is 35.1 Å². The van der Waals surface area contributed by atoms with Crippen molar-refractivity contribution >= 4 is 29.3 Å². The monoisotopic (exact) mass is 577 g/mol. The average Bonchev–Trinajstić information content (AvgIpc) is 3.66. The molecule has 11 heteroatoms. The predicted molar refractivity (Wildman–Crippen MR) is 157 cm³/mol. The lowest BCUT2D eigenvalue weighted by molar-refractivity contribution is -0.147. The number of hydrogen-bond acceptors (Lipinski definition) is 6. The predicted octanol–water partition coefficient (Wildman–Crippen LogP) is 2.41. The second-order valence-electron chi connectivity index (χ2n) is 10.7. The van der Waals surface area contributed by atoms with E-state index in [9.17, 15) is 19.2 Å². The van der Waals surface area contributed by atoms with Crippen molar-refractivity contribution in [3.05, 3.63) is 113 Å². The molecule has 0 saturated heterocycles. The van der Waals surface area contributed by atoms with Crippen molar-refractivity contribution in [3.63, 3.8) is 0 Å². The molecule has 2 aliphatic heterocycles. The Balaban J connectivity index is 1.30. The van der Waals surface area contributed by atoms with E-state index in [4.69, 9.17) is 0 Å². The van der Waals surface area contributed by atoms with Gasteiger partial charge in [0.1, 0.15) is 17.8 Å². The molecule has 0 radical (unpaired) electrons. The fourth-order valence-electron chi connectivity index (χ4n) is 6.02. The standard InChI is InChI=1S/C32H31N7O4/c1-20(40)39(36-31(42)28(21-9-4-2-5-10-21)22-11-6-3-7-12-22)26-16-15-23-13-8-14-24-17-27(38(29(23)24)32(26)43)30(41)33-18-25-19-34-37-35-25/h2-14,19,26-28H,15-18H2,1H3,(H,33,41)(H,36,42)(H,34,35,37)/t26-,27-/m0/s1. The summed E-state index contributed by atoms with van der Waals surface area (Å²) in [4.78, 5) is 56.3. The van der Waals surface area contributed by atoms with Crippen molar-refractivity contribution in [1.82, 2.24) is 31.2 Å². The van der Waals surface area contributed by atoms with Gasteiger partial charge in [-0.3, -0.25) is 29.5 Å². The maximum absolute atomic E-state index is 14.3. The number of carbonyl (C=O) groups is 4. The van der Waals surface area contributed by atoms with Gasteiger partial charge in [0.2, 0.25) is 11.8 Å². The molecule has 2 atom stereocenters. The summed E-state index contributed by atoms with van der Waals surface area (Å²) in [5, 5.41) is 14.2. The normalized spacial score (nSPS) is 17.3. The fourth-order valence-corrected chi connectivity index (χ4v) is 6.02. The zero-order valence-electron chi connectivity index (χ0n) is 23.6. The minimum absolute atomic E-state index is 0.149. The highest BCUT2D eigenvalue weighted by Crippen LogP contribution is 2.40. The first kappa shape index (κ1) is 27.8. The molecule has 3 aromatic carbocycles. The van der Waals surface area contributed by atoms with Gasteiger partial charge >= 0.3 is 0 Å². The zero-order chi connectivity index (χ0) is 29.9. The van der Waals surface area contributed by atoms with Gasteiger partial charge in [0.25, 0.3) is 11.8 Å². The summed E-state index contributed by atoms with van der Waals surface area (Å²) in [6.07, 6.45) is 2.62. The SMILES string of the molecule is CC(=O)N(NC(=O)C(c1ccccc1)c1ccccc1)[C@H]1CCc2cccc3c2N(C1=O)[C@H](C(=O)NCc1cn[nH]n1)C3. The highest BCUT2D eigenvalue weighted by atomic mass is 16.2. The van der Waals surface area contributed by atoms with Gasteiger partial charge < -0.3 is 5.32 Å². The number of H-pyrrole nitrogens is 1. The first-order valence-corrected chi connectivity index (χ1v) is 14.2. The van der Waals surface area contributed by atoms with Crippen LogP contribution in [-0.2, 0) is 38.6 Å². The number of amides is 4. The van der Waals surface area contributed by atoms with Crippen LogP contribution in [-0.4, -0.2) is 56.1 Å². The minimum atomic E-state index is -1.02. The van der Waals surface area contributed by atoms with Crippen LogP contribution in [0.3, 0.4) is 0 Å². The highest BCUT2D eigenvalue weighted by Gasteiger charge is 2.46. The minimum Gasteiger partial charge on any atom is -0.348 e. The molecule has 4 aromatic rings. The Morgan fingerprint density at radius 2 is 1.65 bits per heavy atom. The van der Waals surface area contributed by atoms with Gasteiger partial charge in [-0.2, -0.15) is 15.4 Å². The lowest BCUT2D eigenvalue weighted by Gasteiger charge is -2.34. The molecule has 2 aliphatic rings. The van der Waals surface area contributed by atoms with E-state index in [0.717, 1.165) is 27.3 Å². The number of rotatable bonds is 7. The van der Waals surface area contributed by atoms with E-state index in [1.807, 2.05) is 78.9 Å². The quantitative estimate of drug-likeness (QED) is 0.288. The summed E-state index contributed by atoms with van der Waals surface area (Å²) < 4.78 is 0. The second-order valence-corrected chi connectivity index (χ2v) is 10.7. The maximum atomic E-state index is 14.3.